The molecule has 0 saturated carbocycles. The summed E-state index contributed by atoms with van der Waals surface area (Å²) in [5.74, 6) is 0. The van der Waals surface area contributed by atoms with Crippen molar-refractivity contribution in [3.05, 3.63) is 69.8 Å². The van der Waals surface area contributed by atoms with Crippen molar-refractivity contribution in [3.8, 4) is 0 Å². The highest BCUT2D eigenvalue weighted by Crippen LogP contribution is 2.46. The van der Waals surface area contributed by atoms with Gasteiger partial charge < -0.3 is 0 Å². The average Bonchev–Trinajstić information content (AvgIpc) is 2.80. The molecule has 3 rings (SSSR count). The molecule has 0 fully saturated rings. The second-order valence-electron chi connectivity index (χ2n) is 5.28. The van der Waals surface area contributed by atoms with Gasteiger partial charge in [-0.1, -0.05) is 45.8 Å². The lowest BCUT2D eigenvalue weighted by Gasteiger charge is -2.23. The Labute approximate surface area is 142 Å². The van der Waals surface area contributed by atoms with Crippen molar-refractivity contribution >= 4 is 31.6 Å². The average molecular weight is 397 g/mol. The summed E-state index contributed by atoms with van der Waals surface area (Å²) in [5.41, 5.74) is 1.65. The number of aryl methyl sites for hydroxylation is 1. The number of nitro groups is 1. The molecule has 1 aliphatic heterocycles. The number of rotatable bonds is 3. The van der Waals surface area contributed by atoms with Gasteiger partial charge in [-0.2, -0.15) is 0 Å². The molecule has 0 amide bonds. The molecule has 6 nitrogen and oxygen atoms in total. The Morgan fingerprint density at radius 2 is 1.74 bits per heavy atom. The lowest BCUT2D eigenvalue weighted by molar-refractivity contribution is -0.525. The molecular formula is C15H13BrN2O4S. The minimum Gasteiger partial charge on any atom is -0.264 e. The maximum absolute atomic E-state index is 13.0. The largest absolute Gasteiger partial charge is 0.271 e. The van der Waals surface area contributed by atoms with Crippen LogP contribution >= 0.6 is 15.9 Å². The maximum Gasteiger partial charge on any atom is 0.271 e. The van der Waals surface area contributed by atoms with E-state index in [1.54, 1.807) is 36.4 Å². The summed E-state index contributed by atoms with van der Waals surface area (Å²) >= 11 is 3.21. The summed E-state index contributed by atoms with van der Waals surface area (Å²) in [6.07, 6.45) is 0. The Balaban J connectivity index is 2.16. The molecule has 0 radical (unpaired) electrons. The first kappa shape index (κ1) is 15.9. The standard InChI is InChI=1S/C15H13BrN2O4S/c1-10-6-8-11(9-7-10)23(21,22)17-13-5-3-2-4-12(13)14(15(17)16)18(19)20/h2-9,14-15H,1H3. The summed E-state index contributed by atoms with van der Waals surface area (Å²) in [6.45, 7) is 1.86. The third kappa shape index (κ3) is 2.51. The number of fused-ring (bicyclic) bond motifs is 1. The fourth-order valence-corrected chi connectivity index (χ4v) is 5.52. The minimum absolute atomic E-state index is 0.103. The maximum atomic E-state index is 13.0. The van der Waals surface area contributed by atoms with E-state index in [2.05, 4.69) is 15.9 Å². The molecule has 8 heteroatoms. The number of hydrogen-bond donors (Lipinski definition) is 0. The fourth-order valence-electron chi connectivity index (χ4n) is 2.65. The lowest BCUT2D eigenvalue weighted by atomic mass is 10.1. The van der Waals surface area contributed by atoms with E-state index in [4.69, 9.17) is 0 Å². The molecule has 0 N–H and O–H groups in total. The third-order valence-corrected chi connectivity index (χ3v) is 6.77. The number of anilines is 1. The molecule has 0 bridgehead atoms. The van der Waals surface area contributed by atoms with E-state index in [0.717, 1.165) is 9.87 Å². The smallest absolute Gasteiger partial charge is 0.264 e. The van der Waals surface area contributed by atoms with Crippen LogP contribution in [0.1, 0.15) is 17.2 Å². The van der Waals surface area contributed by atoms with Gasteiger partial charge >= 0.3 is 0 Å². The Morgan fingerprint density at radius 1 is 1.13 bits per heavy atom. The summed E-state index contributed by atoms with van der Waals surface area (Å²) in [7, 11) is -3.90. The number of hydrogen-bond acceptors (Lipinski definition) is 4. The first-order chi connectivity index (χ1) is 10.8. The van der Waals surface area contributed by atoms with E-state index in [1.165, 1.54) is 12.1 Å². The van der Waals surface area contributed by atoms with Crippen LogP contribution in [0, 0.1) is 17.0 Å². The predicted molar refractivity (Wildman–Crippen MR) is 89.7 cm³/mol. The van der Waals surface area contributed by atoms with Gasteiger partial charge in [-0.25, -0.2) is 12.7 Å². The molecular weight excluding hydrogens is 384 g/mol. The molecule has 1 aliphatic rings. The molecule has 0 aliphatic carbocycles. The number of para-hydroxylation sites is 1. The summed E-state index contributed by atoms with van der Waals surface area (Å²) in [5, 5.41) is 11.4. The number of sulfonamides is 1. The highest BCUT2D eigenvalue weighted by Gasteiger charge is 2.50. The Morgan fingerprint density at radius 3 is 2.35 bits per heavy atom. The monoisotopic (exact) mass is 396 g/mol. The summed E-state index contributed by atoms with van der Waals surface area (Å²) < 4.78 is 27.0. The van der Waals surface area contributed by atoms with E-state index in [0.29, 0.717) is 11.3 Å². The zero-order valence-corrected chi connectivity index (χ0v) is 14.5. The molecule has 1 heterocycles. The van der Waals surface area contributed by atoms with Crippen molar-refractivity contribution in [2.24, 2.45) is 0 Å². The van der Waals surface area contributed by atoms with Gasteiger partial charge in [0.25, 0.3) is 16.1 Å². The summed E-state index contributed by atoms with van der Waals surface area (Å²) in [6, 6.07) is 11.8. The molecule has 2 aromatic carbocycles. The highest BCUT2D eigenvalue weighted by atomic mass is 79.9. The van der Waals surface area contributed by atoms with Gasteiger partial charge in [0.15, 0.2) is 4.95 Å². The molecule has 120 valence electrons. The fraction of sp³-hybridized carbons (Fsp3) is 0.200. The van der Waals surface area contributed by atoms with E-state index in [9.17, 15) is 18.5 Å². The van der Waals surface area contributed by atoms with Gasteiger partial charge in [0.2, 0.25) is 0 Å². The Hall–Kier alpha value is -1.93. The zero-order valence-electron chi connectivity index (χ0n) is 12.1. The van der Waals surface area contributed by atoms with Gasteiger partial charge in [-0.3, -0.25) is 10.1 Å². The van der Waals surface area contributed by atoms with Crippen LogP contribution in [0.25, 0.3) is 0 Å². The zero-order chi connectivity index (χ0) is 16.8. The van der Waals surface area contributed by atoms with Crippen LogP contribution in [0.3, 0.4) is 0 Å². The van der Waals surface area contributed by atoms with Crippen LogP contribution in [0.4, 0.5) is 5.69 Å². The number of nitrogens with zero attached hydrogens (tertiary/aromatic N) is 2. The molecule has 2 atom stereocenters. The van der Waals surface area contributed by atoms with Crippen LogP contribution < -0.4 is 4.31 Å². The molecule has 0 spiro atoms. The normalized spacial score (nSPS) is 20.3. The van der Waals surface area contributed by atoms with E-state index >= 15 is 0 Å². The minimum atomic E-state index is -3.90. The number of alkyl halides is 1. The van der Waals surface area contributed by atoms with Crippen LogP contribution in [-0.4, -0.2) is 18.3 Å². The first-order valence-corrected chi connectivity index (χ1v) is 9.17. The summed E-state index contributed by atoms with van der Waals surface area (Å²) in [4.78, 5) is 10.0. The highest BCUT2D eigenvalue weighted by molar-refractivity contribution is 9.09. The van der Waals surface area contributed by atoms with Crippen LogP contribution in [0.2, 0.25) is 0 Å². The van der Waals surface area contributed by atoms with Crippen molar-refractivity contribution in [3.63, 3.8) is 0 Å². The van der Waals surface area contributed by atoms with Crippen LogP contribution in [-0.2, 0) is 10.0 Å². The SMILES string of the molecule is Cc1ccc(S(=O)(=O)N2c3ccccc3C([N+](=O)[O-])C2Br)cc1. The second-order valence-corrected chi connectivity index (χ2v) is 8.03. The molecule has 0 saturated heterocycles. The van der Waals surface area contributed by atoms with E-state index in [1.807, 2.05) is 6.92 Å². The topological polar surface area (TPSA) is 80.5 Å². The Bertz CT molecular complexity index is 867. The quantitative estimate of drug-likeness (QED) is 0.345. The molecule has 2 unspecified atom stereocenters. The van der Waals surface area contributed by atoms with E-state index in [-0.39, 0.29) is 4.90 Å². The van der Waals surface area contributed by atoms with Crippen molar-refractivity contribution in [2.75, 3.05) is 4.31 Å². The number of halogens is 1. The van der Waals surface area contributed by atoms with Gasteiger partial charge in [0.1, 0.15) is 0 Å². The lowest BCUT2D eigenvalue weighted by Crippen LogP contribution is -2.37. The number of benzene rings is 2. The van der Waals surface area contributed by atoms with Crippen molar-refractivity contribution in [2.45, 2.75) is 22.8 Å². The first-order valence-electron chi connectivity index (χ1n) is 6.81. The van der Waals surface area contributed by atoms with Crippen LogP contribution in [0.5, 0.6) is 0 Å². The van der Waals surface area contributed by atoms with E-state index < -0.39 is 25.9 Å². The molecule has 23 heavy (non-hydrogen) atoms. The van der Waals surface area contributed by atoms with Crippen molar-refractivity contribution in [1.82, 2.24) is 0 Å². The third-order valence-electron chi connectivity index (χ3n) is 3.78. The predicted octanol–water partition coefficient (Wildman–Crippen LogP) is 3.24. The van der Waals surface area contributed by atoms with Gasteiger partial charge in [0, 0.05) is 4.92 Å². The molecule has 0 aromatic heterocycles. The van der Waals surface area contributed by atoms with Crippen LogP contribution in [0.15, 0.2) is 53.4 Å². The van der Waals surface area contributed by atoms with Gasteiger partial charge in [0.05, 0.1) is 16.1 Å². The Kier molecular flexibility index (Phi) is 3.89. The van der Waals surface area contributed by atoms with Crippen molar-refractivity contribution in [1.29, 1.82) is 0 Å². The van der Waals surface area contributed by atoms with Gasteiger partial charge in [-0.15, -0.1) is 0 Å². The van der Waals surface area contributed by atoms with Crippen molar-refractivity contribution < 1.29 is 13.3 Å². The second kappa shape index (κ2) is 5.61. The molecule has 2 aromatic rings. The van der Waals surface area contributed by atoms with Gasteiger partial charge in [-0.05, 0) is 31.2 Å².